The van der Waals surface area contributed by atoms with Gasteiger partial charge in [-0.05, 0) is 25.1 Å². The summed E-state index contributed by atoms with van der Waals surface area (Å²) in [5, 5.41) is 8.81. The van der Waals surface area contributed by atoms with Crippen molar-refractivity contribution in [3.8, 4) is 0 Å². The molecule has 0 unspecified atom stereocenters. The highest BCUT2D eigenvalue weighted by Gasteiger charge is 2.26. The van der Waals surface area contributed by atoms with Crippen molar-refractivity contribution >= 4 is 27.6 Å². The normalized spacial score (nSPS) is 11.4. The molecular weight excluding hydrogens is 300 g/mol. The van der Waals surface area contributed by atoms with E-state index in [2.05, 4.69) is 4.74 Å². The van der Waals surface area contributed by atoms with Crippen molar-refractivity contribution in [2.45, 2.75) is 11.8 Å². The van der Waals surface area contributed by atoms with Crippen LogP contribution in [0, 0.1) is 0 Å². The third kappa shape index (κ3) is 3.92. The van der Waals surface area contributed by atoms with Gasteiger partial charge in [0.2, 0.25) is 10.0 Å². The number of nitrogens with zero attached hydrogens (tertiary/aromatic N) is 1. The van der Waals surface area contributed by atoms with E-state index >= 15 is 0 Å². The number of hydrogen-bond acceptors (Lipinski definition) is 6. The zero-order chi connectivity index (χ0) is 16.2. The number of benzene rings is 1. The second-order valence-electron chi connectivity index (χ2n) is 4.12. The molecule has 0 bridgehead atoms. The standard InChI is InChI=1S/C12H16N2O6S/c1-3-20-11(15)7-14(2)21(18,19)10-5-4-8(12(16)17)6-9(10)13/h4-6H,3,7,13H2,1-2H3,(H,16,17). The molecule has 1 aromatic rings. The fourth-order valence-corrected chi connectivity index (χ4v) is 2.77. The molecule has 0 saturated carbocycles. The number of carbonyl (C=O) groups is 2. The summed E-state index contributed by atoms with van der Waals surface area (Å²) < 4.78 is 30.0. The number of ether oxygens (including phenoxy) is 1. The van der Waals surface area contributed by atoms with Gasteiger partial charge in [-0.2, -0.15) is 4.31 Å². The number of carboxylic acid groups (broad SMARTS) is 1. The summed E-state index contributed by atoms with van der Waals surface area (Å²) in [6.07, 6.45) is 0. The molecule has 0 amide bonds. The summed E-state index contributed by atoms with van der Waals surface area (Å²) >= 11 is 0. The van der Waals surface area contributed by atoms with Crippen LogP contribution in [-0.2, 0) is 19.6 Å². The minimum Gasteiger partial charge on any atom is -0.478 e. The van der Waals surface area contributed by atoms with E-state index in [1.807, 2.05) is 0 Å². The van der Waals surface area contributed by atoms with Gasteiger partial charge in [0.1, 0.15) is 11.4 Å². The summed E-state index contributed by atoms with van der Waals surface area (Å²) in [7, 11) is -2.81. The van der Waals surface area contributed by atoms with E-state index in [0.717, 1.165) is 22.5 Å². The first-order valence-corrected chi connectivity index (χ1v) is 7.39. The van der Waals surface area contributed by atoms with E-state index in [4.69, 9.17) is 10.8 Å². The molecule has 116 valence electrons. The molecular formula is C12H16N2O6S. The molecule has 3 N–H and O–H groups in total. The highest BCUT2D eigenvalue weighted by atomic mass is 32.2. The predicted molar refractivity (Wildman–Crippen MR) is 74.3 cm³/mol. The van der Waals surface area contributed by atoms with Gasteiger partial charge >= 0.3 is 11.9 Å². The highest BCUT2D eigenvalue weighted by Crippen LogP contribution is 2.22. The number of sulfonamides is 1. The molecule has 0 aromatic heterocycles. The Kier molecular flexibility index (Phi) is 5.28. The van der Waals surface area contributed by atoms with Crippen LogP contribution in [0.5, 0.6) is 0 Å². The predicted octanol–water partition coefficient (Wildman–Crippen LogP) is 0.151. The summed E-state index contributed by atoms with van der Waals surface area (Å²) in [4.78, 5) is 21.8. The second kappa shape index (κ2) is 6.55. The minimum atomic E-state index is -4.01. The Labute approximate surface area is 122 Å². The maximum Gasteiger partial charge on any atom is 0.335 e. The van der Waals surface area contributed by atoms with Crippen LogP contribution in [0.1, 0.15) is 17.3 Å². The minimum absolute atomic E-state index is 0.125. The highest BCUT2D eigenvalue weighted by molar-refractivity contribution is 7.89. The van der Waals surface area contributed by atoms with Crippen LogP contribution in [0.3, 0.4) is 0 Å². The molecule has 0 fully saturated rings. The number of hydrogen-bond donors (Lipinski definition) is 2. The van der Waals surface area contributed by atoms with Gasteiger partial charge in [-0.3, -0.25) is 4.79 Å². The van der Waals surface area contributed by atoms with Crippen LogP contribution in [0.25, 0.3) is 0 Å². The molecule has 0 aliphatic heterocycles. The van der Waals surface area contributed by atoms with Gasteiger partial charge in [0.25, 0.3) is 0 Å². The summed E-state index contributed by atoms with van der Waals surface area (Å²) in [5.41, 5.74) is 5.26. The molecule has 0 saturated heterocycles. The van der Waals surface area contributed by atoms with Crippen molar-refractivity contribution in [3.05, 3.63) is 23.8 Å². The third-order valence-corrected chi connectivity index (χ3v) is 4.48. The second-order valence-corrected chi connectivity index (χ2v) is 6.14. The van der Waals surface area contributed by atoms with Gasteiger partial charge in [0, 0.05) is 7.05 Å². The van der Waals surface area contributed by atoms with Crippen molar-refractivity contribution in [1.82, 2.24) is 4.31 Å². The Balaban J connectivity index is 3.07. The van der Waals surface area contributed by atoms with E-state index in [1.54, 1.807) is 6.92 Å². The third-order valence-electron chi connectivity index (χ3n) is 2.60. The van der Waals surface area contributed by atoms with E-state index in [0.29, 0.717) is 0 Å². The number of carboxylic acids is 1. The Bertz CT molecular complexity index is 656. The molecule has 21 heavy (non-hydrogen) atoms. The van der Waals surface area contributed by atoms with E-state index in [-0.39, 0.29) is 22.8 Å². The first-order valence-electron chi connectivity index (χ1n) is 5.95. The van der Waals surface area contributed by atoms with Gasteiger partial charge in [-0.1, -0.05) is 0 Å². The number of esters is 1. The molecule has 0 atom stereocenters. The zero-order valence-corrected chi connectivity index (χ0v) is 12.4. The van der Waals surface area contributed by atoms with Crippen molar-refractivity contribution in [2.75, 3.05) is 25.9 Å². The zero-order valence-electron chi connectivity index (χ0n) is 11.6. The lowest BCUT2D eigenvalue weighted by atomic mass is 10.2. The van der Waals surface area contributed by atoms with Crippen LogP contribution in [0.2, 0.25) is 0 Å². The van der Waals surface area contributed by atoms with E-state index in [9.17, 15) is 18.0 Å². The summed E-state index contributed by atoms with van der Waals surface area (Å²) in [5.74, 6) is -1.91. The van der Waals surface area contributed by atoms with E-state index < -0.39 is 28.5 Å². The van der Waals surface area contributed by atoms with Crippen LogP contribution in [-0.4, -0.2) is 50.0 Å². The number of rotatable bonds is 6. The lowest BCUT2D eigenvalue weighted by Gasteiger charge is -2.17. The molecule has 0 spiro atoms. The molecule has 8 nitrogen and oxygen atoms in total. The first-order chi connectivity index (χ1) is 9.70. The van der Waals surface area contributed by atoms with Gasteiger partial charge < -0.3 is 15.6 Å². The van der Waals surface area contributed by atoms with E-state index in [1.165, 1.54) is 7.05 Å². The number of nitrogens with two attached hydrogens (primary N) is 1. The van der Waals surface area contributed by atoms with Gasteiger partial charge in [-0.25, -0.2) is 13.2 Å². The number of likely N-dealkylation sites (N-methyl/N-ethyl adjacent to an activating group) is 1. The van der Waals surface area contributed by atoms with Crippen LogP contribution >= 0.6 is 0 Å². The smallest absolute Gasteiger partial charge is 0.335 e. The number of carbonyl (C=O) groups excluding carboxylic acids is 1. The maximum atomic E-state index is 12.3. The first kappa shape index (κ1) is 16.9. The average molecular weight is 316 g/mol. The summed E-state index contributed by atoms with van der Waals surface area (Å²) in [6, 6.07) is 3.27. The monoisotopic (exact) mass is 316 g/mol. The Morgan fingerprint density at radius 1 is 1.38 bits per heavy atom. The van der Waals surface area contributed by atoms with Crippen molar-refractivity contribution in [3.63, 3.8) is 0 Å². The molecule has 9 heteroatoms. The molecule has 1 rings (SSSR count). The Hall–Kier alpha value is -2.13. The number of aromatic carboxylic acids is 1. The Morgan fingerprint density at radius 2 is 2.00 bits per heavy atom. The fraction of sp³-hybridized carbons (Fsp3) is 0.333. The van der Waals surface area contributed by atoms with Crippen LogP contribution < -0.4 is 5.73 Å². The molecule has 0 heterocycles. The maximum absolute atomic E-state index is 12.3. The number of nitrogen functional groups attached to an aromatic ring is 1. The van der Waals surface area contributed by atoms with Crippen molar-refractivity contribution in [1.29, 1.82) is 0 Å². The molecule has 0 aliphatic rings. The summed E-state index contributed by atoms with van der Waals surface area (Å²) in [6.45, 7) is 1.29. The fourth-order valence-electron chi connectivity index (χ4n) is 1.56. The molecule has 0 aliphatic carbocycles. The average Bonchev–Trinajstić information content (AvgIpc) is 2.38. The number of anilines is 1. The molecule has 1 aromatic carbocycles. The Morgan fingerprint density at radius 3 is 2.48 bits per heavy atom. The quantitative estimate of drug-likeness (QED) is 0.565. The van der Waals surface area contributed by atoms with Gasteiger partial charge in [0.15, 0.2) is 0 Å². The lowest BCUT2D eigenvalue weighted by Crippen LogP contribution is -2.33. The van der Waals surface area contributed by atoms with Crippen LogP contribution in [0.4, 0.5) is 5.69 Å². The largest absolute Gasteiger partial charge is 0.478 e. The van der Waals surface area contributed by atoms with Crippen molar-refractivity contribution < 1.29 is 27.9 Å². The lowest BCUT2D eigenvalue weighted by molar-refractivity contribution is -0.143. The van der Waals surface area contributed by atoms with Gasteiger partial charge in [-0.15, -0.1) is 0 Å². The molecule has 0 radical (unpaired) electrons. The topological polar surface area (TPSA) is 127 Å². The van der Waals surface area contributed by atoms with Gasteiger partial charge in [0.05, 0.1) is 17.9 Å². The van der Waals surface area contributed by atoms with Crippen molar-refractivity contribution in [2.24, 2.45) is 0 Å². The van der Waals surface area contributed by atoms with Crippen LogP contribution in [0.15, 0.2) is 23.1 Å². The SMILES string of the molecule is CCOC(=O)CN(C)S(=O)(=O)c1ccc(C(=O)O)cc1N.